The van der Waals surface area contributed by atoms with Gasteiger partial charge in [0.2, 0.25) is 5.91 Å². The number of rotatable bonds is 10. The number of ether oxygens (including phenoxy) is 1. The molecule has 1 amide bonds. The minimum atomic E-state index is -1.11. The van der Waals surface area contributed by atoms with Gasteiger partial charge in [0.25, 0.3) is 5.56 Å². The van der Waals surface area contributed by atoms with Crippen molar-refractivity contribution in [1.82, 2.24) is 20.4 Å². The molecule has 3 N–H and O–H groups in total. The Bertz CT molecular complexity index is 998. The summed E-state index contributed by atoms with van der Waals surface area (Å²) in [5, 5.41) is 19.4. The van der Waals surface area contributed by atoms with E-state index in [2.05, 4.69) is 15.7 Å². The summed E-state index contributed by atoms with van der Waals surface area (Å²) in [4.78, 5) is 37.0. The lowest BCUT2D eigenvalue weighted by Gasteiger charge is -2.26. The van der Waals surface area contributed by atoms with Crippen LogP contribution in [0.5, 0.6) is 5.75 Å². The van der Waals surface area contributed by atoms with Gasteiger partial charge < -0.3 is 20.5 Å². The number of methoxy groups -OCH3 is 1. The Morgan fingerprint density at radius 1 is 1.16 bits per heavy atom. The zero-order valence-electron chi connectivity index (χ0n) is 19.4. The van der Waals surface area contributed by atoms with Crippen molar-refractivity contribution < 1.29 is 19.4 Å². The fraction of sp³-hybridized carbons (Fsp3) is 0.478. The molecule has 9 heteroatoms. The first-order valence-corrected chi connectivity index (χ1v) is 10.5. The summed E-state index contributed by atoms with van der Waals surface area (Å²) < 4.78 is 6.49. The molecule has 2 rings (SSSR count). The van der Waals surface area contributed by atoms with E-state index in [0.717, 1.165) is 0 Å². The number of carboxylic acid groups (broad SMARTS) is 1. The fourth-order valence-corrected chi connectivity index (χ4v) is 3.38. The van der Waals surface area contributed by atoms with E-state index < -0.39 is 18.1 Å². The second kappa shape index (κ2) is 10.9. The Morgan fingerprint density at radius 3 is 2.28 bits per heavy atom. The van der Waals surface area contributed by atoms with E-state index >= 15 is 0 Å². The van der Waals surface area contributed by atoms with Crippen molar-refractivity contribution in [2.75, 3.05) is 7.11 Å². The van der Waals surface area contributed by atoms with Crippen molar-refractivity contribution >= 4 is 11.9 Å². The predicted molar refractivity (Wildman–Crippen MR) is 122 cm³/mol. The quantitative estimate of drug-likeness (QED) is 0.509. The summed E-state index contributed by atoms with van der Waals surface area (Å²) in [6, 6.07) is 5.45. The number of aromatic nitrogens is 2. The van der Waals surface area contributed by atoms with Crippen LogP contribution in [-0.2, 0) is 23.1 Å². The number of nitrogens with one attached hydrogen (secondary N) is 2. The monoisotopic (exact) mass is 444 g/mol. The van der Waals surface area contributed by atoms with Crippen LogP contribution < -0.4 is 20.9 Å². The molecule has 9 nitrogen and oxygen atoms in total. The third-order valence-corrected chi connectivity index (χ3v) is 5.08. The summed E-state index contributed by atoms with van der Waals surface area (Å²) >= 11 is 0. The Kier molecular flexibility index (Phi) is 8.54. The lowest BCUT2D eigenvalue weighted by molar-refractivity contribution is -0.142. The van der Waals surface area contributed by atoms with Gasteiger partial charge in [0.1, 0.15) is 6.04 Å². The van der Waals surface area contributed by atoms with E-state index in [1.807, 2.05) is 27.7 Å². The molecular formula is C23H32N4O5. The van der Waals surface area contributed by atoms with Crippen molar-refractivity contribution in [2.45, 2.75) is 52.2 Å². The predicted octanol–water partition coefficient (Wildman–Crippen LogP) is 1.59. The van der Waals surface area contributed by atoms with E-state index in [-0.39, 0.29) is 29.8 Å². The number of nitrogens with zero attached hydrogens (tertiary/aromatic N) is 2. The zero-order valence-corrected chi connectivity index (χ0v) is 19.4. The molecule has 0 unspecified atom stereocenters. The van der Waals surface area contributed by atoms with Gasteiger partial charge in [-0.25, -0.2) is 9.48 Å². The van der Waals surface area contributed by atoms with E-state index in [1.54, 1.807) is 31.3 Å². The normalized spacial score (nSPS) is 13.1. The number of amides is 1. The molecule has 174 valence electrons. The lowest BCUT2D eigenvalue weighted by atomic mass is 9.99. The topological polar surface area (TPSA) is 123 Å². The summed E-state index contributed by atoms with van der Waals surface area (Å²) in [6.45, 7) is 7.69. The van der Waals surface area contributed by atoms with E-state index in [1.165, 1.54) is 18.0 Å². The summed E-state index contributed by atoms with van der Waals surface area (Å²) in [7, 11) is 3.02. The lowest BCUT2D eigenvalue weighted by Crippen LogP contribution is -2.54. The average Bonchev–Trinajstić information content (AvgIpc) is 2.73. The number of carbonyl (C=O) groups excluding carboxylic acids is 1. The molecule has 1 aromatic carbocycles. The molecule has 2 aromatic rings. The molecule has 0 aliphatic carbocycles. The maximum Gasteiger partial charge on any atom is 0.326 e. The van der Waals surface area contributed by atoms with Gasteiger partial charge in [-0.2, -0.15) is 5.10 Å². The molecular weight excluding hydrogens is 412 g/mol. The number of carbonyl (C=O) groups is 2. The van der Waals surface area contributed by atoms with Gasteiger partial charge in [0.15, 0.2) is 5.75 Å². The van der Waals surface area contributed by atoms with Crippen LogP contribution in [0, 0.1) is 5.92 Å². The number of aryl methyl sites for hydroxylation is 1. The van der Waals surface area contributed by atoms with Crippen molar-refractivity contribution in [3.05, 3.63) is 46.4 Å². The van der Waals surface area contributed by atoms with Crippen LogP contribution in [0.15, 0.2) is 35.3 Å². The number of carboxylic acids is 1. The van der Waals surface area contributed by atoms with Crippen molar-refractivity contribution in [2.24, 2.45) is 13.0 Å². The van der Waals surface area contributed by atoms with E-state index in [0.29, 0.717) is 22.4 Å². The molecule has 1 heterocycles. The van der Waals surface area contributed by atoms with Gasteiger partial charge in [-0.05, 0) is 17.0 Å². The Morgan fingerprint density at radius 2 is 1.78 bits per heavy atom. The van der Waals surface area contributed by atoms with Gasteiger partial charge >= 0.3 is 5.97 Å². The summed E-state index contributed by atoms with van der Waals surface area (Å²) in [6.07, 6.45) is 1.58. The van der Waals surface area contributed by atoms with Crippen LogP contribution in [0.4, 0.5) is 0 Å². The highest BCUT2D eigenvalue weighted by atomic mass is 16.5. The number of hydrogen-bond acceptors (Lipinski definition) is 6. The molecule has 0 bridgehead atoms. The molecule has 0 aliphatic heterocycles. The van der Waals surface area contributed by atoms with Crippen molar-refractivity contribution in [3.8, 4) is 16.9 Å². The fourth-order valence-electron chi connectivity index (χ4n) is 3.38. The highest BCUT2D eigenvalue weighted by molar-refractivity contribution is 5.87. The van der Waals surface area contributed by atoms with Crippen LogP contribution in [-0.4, -0.2) is 52.0 Å². The Labute approximate surface area is 187 Å². The highest BCUT2D eigenvalue weighted by Gasteiger charge is 2.28. The summed E-state index contributed by atoms with van der Waals surface area (Å²) in [5.74, 6) is -1.10. The molecule has 0 fully saturated rings. The van der Waals surface area contributed by atoms with Crippen LogP contribution in [0.25, 0.3) is 11.1 Å². The van der Waals surface area contributed by atoms with Crippen LogP contribution >= 0.6 is 0 Å². The third-order valence-electron chi connectivity index (χ3n) is 5.08. The average molecular weight is 445 g/mol. The molecule has 1 aromatic heterocycles. The number of aliphatic carboxylic acids is 1. The van der Waals surface area contributed by atoms with Crippen LogP contribution in [0.1, 0.15) is 33.3 Å². The molecule has 0 aliphatic rings. The molecule has 2 atom stereocenters. The maximum absolute atomic E-state index is 12.7. The molecule has 32 heavy (non-hydrogen) atoms. The first-order valence-electron chi connectivity index (χ1n) is 10.5. The minimum Gasteiger partial charge on any atom is -0.494 e. The molecule has 0 spiro atoms. The van der Waals surface area contributed by atoms with Crippen molar-refractivity contribution in [3.63, 3.8) is 0 Å². The largest absolute Gasteiger partial charge is 0.494 e. The second-order valence-electron chi connectivity index (χ2n) is 8.36. The van der Waals surface area contributed by atoms with E-state index in [4.69, 9.17) is 4.74 Å². The standard InChI is InChI=1S/C23H32N4O5/c1-13(2)20(25-14(3)4)21(28)26-17(23(30)31)11-15-7-9-16(10-8-15)19-18(32-6)12-24-27(5)22(19)29/h7-10,12-14,17,20,25H,11H2,1-6H3,(H,26,28)(H,30,31)/t17-,20+/m0/s1. The first kappa shape index (κ1) is 25.1. The van der Waals surface area contributed by atoms with Gasteiger partial charge in [-0.1, -0.05) is 52.0 Å². The minimum absolute atomic E-state index is 0.00378. The van der Waals surface area contributed by atoms with Crippen LogP contribution in [0.2, 0.25) is 0 Å². The number of hydrogen-bond donors (Lipinski definition) is 3. The number of benzene rings is 1. The van der Waals surface area contributed by atoms with Crippen molar-refractivity contribution in [1.29, 1.82) is 0 Å². The SMILES string of the molecule is COc1cnn(C)c(=O)c1-c1ccc(C[C@H](NC(=O)[C@H](NC(C)C)C(C)C)C(=O)O)cc1. The molecule has 0 saturated carbocycles. The zero-order chi connectivity index (χ0) is 24.0. The third kappa shape index (κ3) is 6.16. The Balaban J connectivity index is 2.22. The first-order chi connectivity index (χ1) is 15.0. The van der Waals surface area contributed by atoms with Gasteiger partial charge in [-0.15, -0.1) is 0 Å². The molecule has 0 saturated heterocycles. The smallest absolute Gasteiger partial charge is 0.326 e. The van der Waals surface area contributed by atoms with E-state index in [9.17, 15) is 19.5 Å². The van der Waals surface area contributed by atoms with Gasteiger partial charge in [0.05, 0.1) is 24.9 Å². The van der Waals surface area contributed by atoms with Crippen LogP contribution in [0.3, 0.4) is 0 Å². The Hall–Kier alpha value is -3.20. The summed E-state index contributed by atoms with van der Waals surface area (Å²) in [5.41, 5.74) is 1.42. The second-order valence-corrected chi connectivity index (χ2v) is 8.36. The van der Waals surface area contributed by atoms with Gasteiger partial charge in [0, 0.05) is 19.5 Å². The maximum atomic E-state index is 12.7. The highest BCUT2D eigenvalue weighted by Crippen LogP contribution is 2.25. The molecule has 0 radical (unpaired) electrons. The van der Waals surface area contributed by atoms with Gasteiger partial charge in [-0.3, -0.25) is 9.59 Å².